The van der Waals surface area contributed by atoms with Crippen molar-refractivity contribution in [3.8, 4) is 16.9 Å². The predicted octanol–water partition coefficient (Wildman–Crippen LogP) is 4.32. The first kappa shape index (κ1) is 20.9. The van der Waals surface area contributed by atoms with Gasteiger partial charge < -0.3 is 15.8 Å². The van der Waals surface area contributed by atoms with Gasteiger partial charge in [-0.25, -0.2) is 9.37 Å². The number of benzene rings is 1. The lowest BCUT2D eigenvalue weighted by atomic mass is 9.85. The second-order valence-electron chi connectivity index (χ2n) is 7.80. The van der Waals surface area contributed by atoms with E-state index in [4.69, 9.17) is 10.5 Å². The Morgan fingerprint density at radius 1 is 1.16 bits per heavy atom. The highest BCUT2D eigenvalue weighted by molar-refractivity contribution is 5.92. The van der Waals surface area contributed by atoms with Crippen LogP contribution in [0.3, 0.4) is 0 Å². The van der Waals surface area contributed by atoms with Crippen molar-refractivity contribution in [2.45, 2.75) is 38.3 Å². The zero-order chi connectivity index (χ0) is 21.6. The maximum Gasteiger partial charge on any atom is 0.228 e. The van der Waals surface area contributed by atoms with Gasteiger partial charge in [0.25, 0.3) is 0 Å². The molecule has 0 saturated heterocycles. The van der Waals surface area contributed by atoms with Crippen LogP contribution in [0.5, 0.6) is 5.75 Å². The number of para-hydroxylation sites is 1. The molecular formula is C24H25FN4O2. The Bertz CT molecular complexity index is 1040. The Morgan fingerprint density at radius 3 is 2.77 bits per heavy atom. The zero-order valence-electron chi connectivity index (χ0n) is 17.1. The molecule has 2 heterocycles. The number of nitrogens with zero attached hydrogens (tertiary/aromatic N) is 2. The number of halogens is 1. The molecule has 6 nitrogen and oxygen atoms in total. The van der Waals surface area contributed by atoms with Gasteiger partial charge in [0, 0.05) is 35.5 Å². The summed E-state index contributed by atoms with van der Waals surface area (Å²) >= 11 is 0. The summed E-state index contributed by atoms with van der Waals surface area (Å²) in [4.78, 5) is 20.7. The van der Waals surface area contributed by atoms with Gasteiger partial charge in [-0.15, -0.1) is 0 Å². The maximum atomic E-state index is 14.7. The lowest BCUT2D eigenvalue weighted by molar-refractivity contribution is -0.120. The van der Waals surface area contributed by atoms with E-state index in [1.54, 1.807) is 30.6 Å². The van der Waals surface area contributed by atoms with Crippen molar-refractivity contribution in [1.82, 2.24) is 9.97 Å². The number of aromatic nitrogens is 2. The summed E-state index contributed by atoms with van der Waals surface area (Å²) in [5, 5.41) is 2.83. The monoisotopic (exact) mass is 420 g/mol. The van der Waals surface area contributed by atoms with Crippen molar-refractivity contribution in [1.29, 1.82) is 0 Å². The minimum absolute atomic E-state index is 0.0469. The Morgan fingerprint density at radius 2 is 1.97 bits per heavy atom. The number of carbonyl (C=O) groups is 1. The van der Waals surface area contributed by atoms with Crippen molar-refractivity contribution in [2.24, 2.45) is 11.7 Å². The van der Waals surface area contributed by atoms with E-state index in [1.165, 1.54) is 0 Å². The van der Waals surface area contributed by atoms with Gasteiger partial charge in [-0.1, -0.05) is 24.6 Å². The maximum absolute atomic E-state index is 14.7. The Hall–Kier alpha value is -3.32. The Labute approximate surface area is 180 Å². The number of nitrogens with one attached hydrogen (secondary N) is 1. The summed E-state index contributed by atoms with van der Waals surface area (Å²) in [6.07, 6.45) is 7.85. The Balaban J connectivity index is 1.54. The number of anilines is 1. The number of hydrogen-bond acceptors (Lipinski definition) is 5. The minimum Gasteiger partial charge on any atom is -0.488 e. The molecule has 3 aromatic rings. The smallest absolute Gasteiger partial charge is 0.228 e. The van der Waals surface area contributed by atoms with E-state index < -0.39 is 5.82 Å². The van der Waals surface area contributed by atoms with Crippen LogP contribution in [0.4, 0.5) is 10.2 Å². The second kappa shape index (κ2) is 9.66. The molecule has 1 saturated carbocycles. The van der Waals surface area contributed by atoms with E-state index in [2.05, 4.69) is 15.3 Å². The number of ether oxygens (including phenoxy) is 1. The fourth-order valence-electron chi connectivity index (χ4n) is 3.86. The fraction of sp³-hybridized carbons (Fsp3) is 0.292. The molecule has 2 atom stereocenters. The Kier molecular flexibility index (Phi) is 6.52. The molecule has 31 heavy (non-hydrogen) atoms. The van der Waals surface area contributed by atoms with Crippen LogP contribution in [0, 0.1) is 11.7 Å². The molecule has 0 radical (unpaired) electrons. The number of hydrogen-bond donors (Lipinski definition) is 2. The van der Waals surface area contributed by atoms with Crippen LogP contribution in [-0.2, 0) is 11.4 Å². The highest BCUT2D eigenvalue weighted by Crippen LogP contribution is 2.33. The SMILES string of the molecule is N[C@@H]1CCC[C@H](C(=O)Nc2cc(-c3ccccc3OCc3ccncc3)c(F)cn2)C1. The average Bonchev–Trinajstić information content (AvgIpc) is 2.80. The topological polar surface area (TPSA) is 90.1 Å². The number of rotatable bonds is 6. The molecule has 3 N–H and O–H groups in total. The summed E-state index contributed by atoms with van der Waals surface area (Å²) < 4.78 is 20.6. The van der Waals surface area contributed by atoms with E-state index in [0.29, 0.717) is 35.7 Å². The zero-order valence-corrected chi connectivity index (χ0v) is 17.1. The molecule has 0 spiro atoms. The first-order chi connectivity index (χ1) is 15.1. The van der Waals surface area contributed by atoms with Crippen LogP contribution in [0.1, 0.15) is 31.2 Å². The van der Waals surface area contributed by atoms with E-state index in [9.17, 15) is 9.18 Å². The predicted molar refractivity (Wildman–Crippen MR) is 117 cm³/mol. The van der Waals surface area contributed by atoms with Crippen molar-refractivity contribution < 1.29 is 13.9 Å². The fourth-order valence-corrected chi connectivity index (χ4v) is 3.86. The van der Waals surface area contributed by atoms with Gasteiger partial charge in [0.2, 0.25) is 5.91 Å². The molecule has 1 aliphatic rings. The van der Waals surface area contributed by atoms with Gasteiger partial charge in [-0.05, 0) is 49.1 Å². The van der Waals surface area contributed by atoms with Crippen LogP contribution in [0.15, 0.2) is 61.1 Å². The molecule has 4 rings (SSSR count). The third-order valence-corrected chi connectivity index (χ3v) is 5.51. The van der Waals surface area contributed by atoms with Gasteiger partial charge in [0.1, 0.15) is 24.0 Å². The van der Waals surface area contributed by atoms with Crippen LogP contribution < -0.4 is 15.8 Å². The molecule has 1 aromatic carbocycles. The van der Waals surface area contributed by atoms with Crippen LogP contribution >= 0.6 is 0 Å². The molecular weight excluding hydrogens is 395 g/mol. The summed E-state index contributed by atoms with van der Waals surface area (Å²) in [5.74, 6) is 0.0968. The van der Waals surface area contributed by atoms with Crippen LogP contribution in [0.2, 0.25) is 0 Å². The quantitative estimate of drug-likeness (QED) is 0.620. The molecule has 160 valence electrons. The van der Waals surface area contributed by atoms with E-state index in [-0.39, 0.29) is 17.9 Å². The summed E-state index contributed by atoms with van der Waals surface area (Å²) in [6, 6.07) is 12.5. The number of nitrogens with two attached hydrogens (primary N) is 1. The lowest BCUT2D eigenvalue weighted by Gasteiger charge is -2.25. The molecule has 1 aliphatic carbocycles. The van der Waals surface area contributed by atoms with Gasteiger partial charge in [-0.3, -0.25) is 9.78 Å². The molecule has 1 fully saturated rings. The highest BCUT2D eigenvalue weighted by Gasteiger charge is 2.26. The summed E-state index contributed by atoms with van der Waals surface area (Å²) in [5.41, 5.74) is 7.86. The standard InChI is InChI=1S/C24H25FN4O2/c25-21-14-28-23(29-24(30)17-4-3-5-18(26)12-17)13-20(21)19-6-1-2-7-22(19)31-15-16-8-10-27-11-9-16/h1-2,6-11,13-14,17-18H,3-5,12,15,26H2,(H,28,29,30)/t17-,18+/m0/s1. The van der Waals surface area contributed by atoms with Crippen molar-refractivity contribution in [3.63, 3.8) is 0 Å². The molecule has 1 amide bonds. The normalized spacial score (nSPS) is 18.4. The largest absolute Gasteiger partial charge is 0.488 e. The number of carbonyl (C=O) groups excluding carboxylic acids is 1. The first-order valence-electron chi connectivity index (χ1n) is 10.4. The second-order valence-corrected chi connectivity index (χ2v) is 7.80. The van der Waals surface area contributed by atoms with Gasteiger partial charge >= 0.3 is 0 Å². The van der Waals surface area contributed by atoms with Crippen molar-refractivity contribution in [2.75, 3.05) is 5.32 Å². The molecule has 0 unspecified atom stereocenters. The third kappa shape index (κ3) is 5.24. The number of amides is 1. The van der Waals surface area contributed by atoms with Gasteiger partial charge in [0.15, 0.2) is 0 Å². The summed E-state index contributed by atoms with van der Waals surface area (Å²) in [7, 11) is 0. The molecule has 2 aromatic heterocycles. The van der Waals surface area contributed by atoms with Gasteiger partial charge in [0.05, 0.1) is 6.20 Å². The lowest BCUT2D eigenvalue weighted by Crippen LogP contribution is -2.34. The molecule has 0 bridgehead atoms. The van der Waals surface area contributed by atoms with E-state index >= 15 is 0 Å². The molecule has 7 heteroatoms. The van der Waals surface area contributed by atoms with Gasteiger partial charge in [-0.2, -0.15) is 0 Å². The summed E-state index contributed by atoms with van der Waals surface area (Å²) in [6.45, 7) is 0.331. The first-order valence-corrected chi connectivity index (χ1v) is 10.4. The molecule has 0 aliphatic heterocycles. The number of pyridine rings is 2. The minimum atomic E-state index is -0.488. The van der Waals surface area contributed by atoms with Crippen LogP contribution in [-0.4, -0.2) is 21.9 Å². The third-order valence-electron chi connectivity index (χ3n) is 5.51. The van der Waals surface area contributed by atoms with Crippen LogP contribution in [0.25, 0.3) is 11.1 Å². The van der Waals surface area contributed by atoms with E-state index in [1.807, 2.05) is 24.3 Å². The van der Waals surface area contributed by atoms with E-state index in [0.717, 1.165) is 31.0 Å². The van der Waals surface area contributed by atoms with Crippen molar-refractivity contribution in [3.05, 3.63) is 72.4 Å². The highest BCUT2D eigenvalue weighted by atomic mass is 19.1. The average molecular weight is 420 g/mol. The van der Waals surface area contributed by atoms with Crippen molar-refractivity contribution >= 4 is 11.7 Å².